The van der Waals surface area contributed by atoms with E-state index in [9.17, 15) is 9.90 Å². The van der Waals surface area contributed by atoms with Crippen molar-refractivity contribution in [3.05, 3.63) is 53.7 Å². The highest BCUT2D eigenvalue weighted by atomic mass is 16.4. The van der Waals surface area contributed by atoms with Gasteiger partial charge in [0.15, 0.2) is 0 Å². The van der Waals surface area contributed by atoms with E-state index in [0.29, 0.717) is 0 Å². The average molecular weight is 284 g/mol. The molecule has 0 spiro atoms. The number of furan rings is 1. The molecule has 0 bridgehead atoms. The number of nitrogens with zero attached hydrogens (tertiary/aromatic N) is 2. The van der Waals surface area contributed by atoms with Crippen LogP contribution in [0.15, 0.2) is 41.0 Å². The number of aryl methyl sites for hydroxylation is 1. The first-order chi connectivity index (χ1) is 10.1. The Hall–Kier alpha value is -2.56. The van der Waals surface area contributed by atoms with E-state index in [0.717, 1.165) is 29.0 Å². The second-order valence-electron chi connectivity index (χ2n) is 4.95. The first-order valence-corrected chi connectivity index (χ1v) is 6.89. The van der Waals surface area contributed by atoms with Gasteiger partial charge in [-0.1, -0.05) is 6.92 Å². The molecular weight excluding hydrogens is 268 g/mol. The first-order valence-electron chi connectivity index (χ1n) is 6.89. The Bertz CT molecular complexity index is 787. The molecule has 1 unspecified atom stereocenters. The van der Waals surface area contributed by atoms with Gasteiger partial charge in [0.05, 0.1) is 28.9 Å². The minimum atomic E-state index is -0.937. The third kappa shape index (κ3) is 2.20. The molecule has 0 aliphatic heterocycles. The van der Waals surface area contributed by atoms with E-state index >= 15 is 0 Å². The molecule has 108 valence electrons. The lowest BCUT2D eigenvalue weighted by atomic mass is 10.2. The SMILES string of the molecule is CCc1nc2ccc(C(=O)O)cc2n1C(C)c1ccco1. The zero-order chi connectivity index (χ0) is 15.0. The number of imidazole rings is 1. The fraction of sp³-hybridized carbons (Fsp3) is 0.250. The molecule has 0 saturated carbocycles. The topological polar surface area (TPSA) is 68.3 Å². The lowest BCUT2D eigenvalue weighted by molar-refractivity contribution is 0.0697. The van der Waals surface area contributed by atoms with Gasteiger partial charge in [-0.15, -0.1) is 0 Å². The largest absolute Gasteiger partial charge is 0.478 e. The summed E-state index contributed by atoms with van der Waals surface area (Å²) < 4.78 is 7.52. The Morgan fingerprint density at radius 1 is 1.43 bits per heavy atom. The smallest absolute Gasteiger partial charge is 0.335 e. The number of fused-ring (bicyclic) bond motifs is 1. The van der Waals surface area contributed by atoms with Crippen molar-refractivity contribution in [2.75, 3.05) is 0 Å². The highest BCUT2D eigenvalue weighted by Gasteiger charge is 2.19. The van der Waals surface area contributed by atoms with Crippen molar-refractivity contribution < 1.29 is 14.3 Å². The number of benzene rings is 1. The van der Waals surface area contributed by atoms with Crippen LogP contribution in [0.4, 0.5) is 0 Å². The minimum Gasteiger partial charge on any atom is -0.478 e. The maximum Gasteiger partial charge on any atom is 0.335 e. The summed E-state index contributed by atoms with van der Waals surface area (Å²) in [5, 5.41) is 9.17. The summed E-state index contributed by atoms with van der Waals surface area (Å²) in [5.41, 5.74) is 1.88. The van der Waals surface area contributed by atoms with Crippen LogP contribution in [0.3, 0.4) is 0 Å². The van der Waals surface area contributed by atoms with Crippen LogP contribution < -0.4 is 0 Å². The molecule has 2 heterocycles. The molecule has 1 aromatic carbocycles. The van der Waals surface area contributed by atoms with Crippen LogP contribution in [-0.4, -0.2) is 20.6 Å². The van der Waals surface area contributed by atoms with Gasteiger partial charge in [-0.05, 0) is 37.3 Å². The number of aromatic nitrogens is 2. The molecule has 2 aromatic heterocycles. The van der Waals surface area contributed by atoms with Crippen LogP contribution in [0.25, 0.3) is 11.0 Å². The molecule has 0 aliphatic carbocycles. The molecule has 0 radical (unpaired) electrons. The van der Waals surface area contributed by atoms with Gasteiger partial charge in [-0.25, -0.2) is 9.78 Å². The van der Waals surface area contributed by atoms with Crippen LogP contribution in [0, 0.1) is 0 Å². The van der Waals surface area contributed by atoms with E-state index in [-0.39, 0.29) is 11.6 Å². The molecular formula is C16H16N2O3. The highest BCUT2D eigenvalue weighted by molar-refractivity contribution is 5.92. The van der Waals surface area contributed by atoms with Crippen LogP contribution >= 0.6 is 0 Å². The van der Waals surface area contributed by atoms with Crippen LogP contribution in [0.1, 0.15) is 41.8 Å². The maximum atomic E-state index is 11.2. The Morgan fingerprint density at radius 3 is 2.86 bits per heavy atom. The molecule has 0 amide bonds. The summed E-state index contributed by atoms with van der Waals surface area (Å²) in [6, 6.07) is 8.73. The van der Waals surface area contributed by atoms with E-state index in [1.807, 2.05) is 30.5 Å². The van der Waals surface area contributed by atoms with Crippen LogP contribution in [-0.2, 0) is 6.42 Å². The van der Waals surface area contributed by atoms with Crippen LogP contribution in [0.2, 0.25) is 0 Å². The highest BCUT2D eigenvalue weighted by Crippen LogP contribution is 2.27. The van der Waals surface area contributed by atoms with Gasteiger partial charge in [0.25, 0.3) is 0 Å². The van der Waals surface area contributed by atoms with Crippen molar-refractivity contribution in [2.24, 2.45) is 0 Å². The first kappa shape index (κ1) is 13.4. The predicted molar refractivity (Wildman–Crippen MR) is 78.6 cm³/mol. The van der Waals surface area contributed by atoms with Crippen molar-refractivity contribution in [3.8, 4) is 0 Å². The normalized spacial score (nSPS) is 12.7. The summed E-state index contributed by atoms with van der Waals surface area (Å²) in [5.74, 6) is 0.800. The Labute approximate surface area is 121 Å². The molecule has 5 heteroatoms. The number of hydrogen-bond acceptors (Lipinski definition) is 3. The lowest BCUT2D eigenvalue weighted by Crippen LogP contribution is -2.10. The molecule has 3 rings (SSSR count). The zero-order valence-corrected chi connectivity index (χ0v) is 11.9. The van der Waals surface area contributed by atoms with Crippen LogP contribution in [0.5, 0.6) is 0 Å². The summed E-state index contributed by atoms with van der Waals surface area (Å²) in [4.78, 5) is 15.8. The maximum absolute atomic E-state index is 11.2. The summed E-state index contributed by atoms with van der Waals surface area (Å²) in [6.45, 7) is 4.05. The summed E-state index contributed by atoms with van der Waals surface area (Å²) in [6.07, 6.45) is 2.40. The number of hydrogen-bond donors (Lipinski definition) is 1. The van der Waals surface area contributed by atoms with E-state index in [1.54, 1.807) is 24.5 Å². The van der Waals surface area contributed by atoms with Crippen molar-refractivity contribution in [1.29, 1.82) is 0 Å². The van der Waals surface area contributed by atoms with E-state index < -0.39 is 5.97 Å². The standard InChI is InChI=1S/C16H16N2O3/c1-3-15-17-12-7-6-11(16(19)20)9-13(12)18(15)10(2)14-5-4-8-21-14/h4-10H,3H2,1-2H3,(H,19,20). The third-order valence-electron chi connectivity index (χ3n) is 3.67. The van der Waals surface area contributed by atoms with Gasteiger partial charge in [0.2, 0.25) is 0 Å². The van der Waals surface area contributed by atoms with E-state index in [1.165, 1.54) is 0 Å². The van der Waals surface area contributed by atoms with Crippen molar-refractivity contribution >= 4 is 17.0 Å². The second-order valence-corrected chi connectivity index (χ2v) is 4.95. The van der Waals surface area contributed by atoms with Gasteiger partial charge in [0, 0.05) is 6.42 Å². The van der Waals surface area contributed by atoms with E-state index in [4.69, 9.17) is 4.42 Å². The van der Waals surface area contributed by atoms with Crippen molar-refractivity contribution in [3.63, 3.8) is 0 Å². The molecule has 0 aliphatic rings. The summed E-state index contributed by atoms with van der Waals surface area (Å²) in [7, 11) is 0. The Morgan fingerprint density at radius 2 is 2.24 bits per heavy atom. The third-order valence-corrected chi connectivity index (χ3v) is 3.67. The molecule has 0 fully saturated rings. The summed E-state index contributed by atoms with van der Waals surface area (Å²) >= 11 is 0. The Kier molecular flexibility index (Phi) is 3.25. The van der Waals surface area contributed by atoms with Gasteiger partial charge in [-0.2, -0.15) is 0 Å². The molecule has 0 saturated heterocycles. The minimum absolute atomic E-state index is 0.0380. The van der Waals surface area contributed by atoms with Gasteiger partial charge in [0.1, 0.15) is 11.6 Å². The van der Waals surface area contributed by atoms with Crippen molar-refractivity contribution in [2.45, 2.75) is 26.3 Å². The zero-order valence-electron chi connectivity index (χ0n) is 11.9. The lowest BCUT2D eigenvalue weighted by Gasteiger charge is -2.15. The average Bonchev–Trinajstić information content (AvgIpc) is 3.12. The quantitative estimate of drug-likeness (QED) is 0.796. The van der Waals surface area contributed by atoms with Gasteiger partial charge >= 0.3 is 5.97 Å². The molecule has 21 heavy (non-hydrogen) atoms. The van der Waals surface area contributed by atoms with Gasteiger partial charge < -0.3 is 14.1 Å². The number of aromatic carboxylic acids is 1. The molecule has 1 atom stereocenters. The monoisotopic (exact) mass is 284 g/mol. The molecule has 5 nitrogen and oxygen atoms in total. The Balaban J connectivity index is 2.23. The fourth-order valence-corrected chi connectivity index (χ4v) is 2.61. The molecule has 1 N–H and O–H groups in total. The fourth-order valence-electron chi connectivity index (χ4n) is 2.61. The molecule has 3 aromatic rings. The number of carboxylic acids is 1. The second kappa shape index (κ2) is 5.09. The number of carboxylic acid groups (broad SMARTS) is 1. The van der Waals surface area contributed by atoms with Gasteiger partial charge in [-0.3, -0.25) is 0 Å². The van der Waals surface area contributed by atoms with E-state index in [2.05, 4.69) is 4.98 Å². The number of carbonyl (C=O) groups is 1. The number of rotatable bonds is 4. The predicted octanol–water partition coefficient (Wildman–Crippen LogP) is 3.50. The van der Waals surface area contributed by atoms with Crippen molar-refractivity contribution in [1.82, 2.24) is 9.55 Å².